The molecule has 9 nitrogen and oxygen atoms in total. The van der Waals surface area contributed by atoms with Crippen molar-refractivity contribution in [1.82, 2.24) is 0 Å². The van der Waals surface area contributed by atoms with Gasteiger partial charge in [0.05, 0.1) is 17.6 Å². The molecule has 4 unspecified atom stereocenters. The molecule has 1 aliphatic carbocycles. The Morgan fingerprint density at radius 3 is 2.36 bits per heavy atom. The lowest BCUT2D eigenvalue weighted by Crippen LogP contribution is -2.24. The number of hydrogen-bond acceptors (Lipinski definition) is 8. The molecule has 1 saturated carbocycles. The summed E-state index contributed by atoms with van der Waals surface area (Å²) < 4.78 is 16.3. The van der Waals surface area contributed by atoms with E-state index in [1.54, 1.807) is 0 Å². The molecule has 0 aliphatic heterocycles. The summed E-state index contributed by atoms with van der Waals surface area (Å²) >= 11 is 6.89. The zero-order valence-corrected chi connectivity index (χ0v) is 26.4. The van der Waals surface area contributed by atoms with Crippen LogP contribution in [0.4, 0.5) is 5.69 Å². The molecule has 1 fully saturated rings. The van der Waals surface area contributed by atoms with Crippen LogP contribution in [0.5, 0.6) is 0 Å². The predicted octanol–water partition coefficient (Wildman–Crippen LogP) is 8.01. The van der Waals surface area contributed by atoms with Crippen LogP contribution < -0.4 is 0 Å². The smallest absolute Gasteiger partial charge is 0.338 e. The maximum absolute atomic E-state index is 13.1. The SMILES string of the molecule is CCCCCC(OC(C)=O)c1ccc(C2C(OC(=O)c3ccc([N+](=O)[O-])cc3)CC(Cl)[C@@H]2C/C=C\CCCC(=O)OC)cc1. The second-order valence-corrected chi connectivity index (χ2v) is 11.7. The average molecular weight is 628 g/mol. The van der Waals surface area contributed by atoms with Crippen molar-refractivity contribution in [3.63, 3.8) is 0 Å². The van der Waals surface area contributed by atoms with E-state index in [4.69, 9.17) is 25.8 Å². The molecule has 0 N–H and O–H groups in total. The van der Waals surface area contributed by atoms with Gasteiger partial charge in [0.1, 0.15) is 12.2 Å². The van der Waals surface area contributed by atoms with E-state index in [-0.39, 0.29) is 46.5 Å². The molecule has 44 heavy (non-hydrogen) atoms. The molecule has 0 spiro atoms. The van der Waals surface area contributed by atoms with Crippen LogP contribution in [0.15, 0.2) is 60.7 Å². The number of allylic oxidation sites excluding steroid dienone is 2. The number of alkyl halides is 1. The van der Waals surface area contributed by atoms with Gasteiger partial charge in [0.2, 0.25) is 0 Å². The third-order valence-electron chi connectivity index (χ3n) is 7.98. The van der Waals surface area contributed by atoms with Crippen LogP contribution in [0, 0.1) is 16.0 Å². The Kier molecular flexibility index (Phi) is 13.9. The van der Waals surface area contributed by atoms with Gasteiger partial charge < -0.3 is 14.2 Å². The minimum atomic E-state index is -0.569. The Morgan fingerprint density at radius 1 is 1.05 bits per heavy atom. The number of halogens is 1. The second kappa shape index (κ2) is 17.5. The van der Waals surface area contributed by atoms with Crippen LogP contribution in [-0.2, 0) is 23.8 Å². The maximum Gasteiger partial charge on any atom is 0.338 e. The number of ether oxygens (including phenoxy) is 3. The summed E-state index contributed by atoms with van der Waals surface area (Å²) in [6.07, 6.45) is 9.88. The zero-order valence-electron chi connectivity index (χ0n) is 25.6. The fourth-order valence-electron chi connectivity index (χ4n) is 5.69. The number of nitrogens with zero attached hydrogens (tertiary/aromatic N) is 1. The van der Waals surface area contributed by atoms with Crippen molar-refractivity contribution >= 4 is 35.2 Å². The predicted molar refractivity (Wildman–Crippen MR) is 168 cm³/mol. The Hall–Kier alpha value is -3.72. The zero-order chi connectivity index (χ0) is 32.1. The van der Waals surface area contributed by atoms with Gasteiger partial charge in [0, 0.05) is 43.2 Å². The van der Waals surface area contributed by atoms with Gasteiger partial charge in [-0.3, -0.25) is 19.7 Å². The molecule has 0 amide bonds. The number of carbonyl (C=O) groups excluding carboxylic acids is 3. The molecule has 0 saturated heterocycles. The van der Waals surface area contributed by atoms with Gasteiger partial charge in [-0.05, 0) is 61.3 Å². The lowest BCUT2D eigenvalue weighted by Gasteiger charge is -2.26. The molecular weight excluding hydrogens is 586 g/mol. The lowest BCUT2D eigenvalue weighted by atomic mass is 9.84. The Labute approximate surface area is 264 Å². The molecule has 1 aliphatic rings. The number of non-ortho nitro benzene ring substituents is 1. The summed E-state index contributed by atoms with van der Waals surface area (Å²) in [6, 6.07) is 13.2. The largest absolute Gasteiger partial charge is 0.469 e. The highest BCUT2D eigenvalue weighted by molar-refractivity contribution is 6.21. The fraction of sp³-hybridized carbons (Fsp3) is 0.500. The summed E-state index contributed by atoms with van der Waals surface area (Å²) in [5.41, 5.74) is 1.97. The third-order valence-corrected chi connectivity index (χ3v) is 8.48. The normalized spacial score (nSPS) is 20.3. The number of nitro benzene ring substituents is 1. The number of methoxy groups -OCH3 is 1. The van der Waals surface area contributed by atoms with Gasteiger partial charge in [0.15, 0.2) is 0 Å². The first-order chi connectivity index (χ1) is 21.1. The van der Waals surface area contributed by atoms with Gasteiger partial charge in [-0.2, -0.15) is 0 Å². The van der Waals surface area contributed by atoms with E-state index >= 15 is 0 Å². The number of benzene rings is 2. The highest BCUT2D eigenvalue weighted by Gasteiger charge is 2.45. The Bertz CT molecular complexity index is 1280. The van der Waals surface area contributed by atoms with E-state index in [2.05, 4.69) is 13.0 Å². The van der Waals surface area contributed by atoms with Crippen molar-refractivity contribution in [3.8, 4) is 0 Å². The summed E-state index contributed by atoms with van der Waals surface area (Å²) in [6.45, 7) is 3.54. The van der Waals surface area contributed by atoms with Gasteiger partial charge >= 0.3 is 17.9 Å². The molecule has 2 aromatic carbocycles. The van der Waals surface area contributed by atoms with Crippen molar-refractivity contribution < 1.29 is 33.5 Å². The van der Waals surface area contributed by atoms with E-state index in [1.807, 2.05) is 30.3 Å². The van der Waals surface area contributed by atoms with E-state index in [9.17, 15) is 24.5 Å². The summed E-state index contributed by atoms with van der Waals surface area (Å²) in [4.78, 5) is 46.8. The first kappa shape index (κ1) is 34.8. The van der Waals surface area contributed by atoms with Crippen molar-refractivity contribution in [3.05, 3.63) is 87.5 Å². The molecule has 0 bridgehead atoms. The number of hydrogen-bond donors (Lipinski definition) is 0. The van der Waals surface area contributed by atoms with Crippen LogP contribution in [0.1, 0.15) is 105 Å². The first-order valence-corrected chi connectivity index (χ1v) is 15.7. The Morgan fingerprint density at radius 2 is 1.75 bits per heavy atom. The number of nitro groups is 1. The topological polar surface area (TPSA) is 122 Å². The van der Waals surface area contributed by atoms with Crippen LogP contribution in [-0.4, -0.2) is 41.4 Å². The van der Waals surface area contributed by atoms with Gasteiger partial charge in [-0.25, -0.2) is 4.79 Å². The molecule has 0 heterocycles. The number of rotatable bonds is 16. The minimum absolute atomic E-state index is 0.0390. The van der Waals surface area contributed by atoms with E-state index in [0.29, 0.717) is 25.7 Å². The molecular formula is C34H42ClNO8. The monoisotopic (exact) mass is 627 g/mol. The maximum atomic E-state index is 13.1. The molecule has 3 rings (SSSR count). The van der Waals surface area contributed by atoms with Crippen LogP contribution in [0.2, 0.25) is 0 Å². The first-order valence-electron chi connectivity index (χ1n) is 15.2. The van der Waals surface area contributed by atoms with Gasteiger partial charge in [0.25, 0.3) is 5.69 Å². The summed E-state index contributed by atoms with van der Waals surface area (Å²) in [5.74, 6) is -1.38. The van der Waals surface area contributed by atoms with Gasteiger partial charge in [-0.15, -0.1) is 11.6 Å². The summed E-state index contributed by atoms with van der Waals surface area (Å²) in [7, 11) is 1.37. The number of unbranched alkanes of at least 4 members (excludes halogenated alkanes) is 3. The summed E-state index contributed by atoms with van der Waals surface area (Å²) in [5, 5.41) is 10.8. The number of esters is 3. The van der Waals surface area contributed by atoms with Crippen LogP contribution in [0.3, 0.4) is 0 Å². The molecule has 0 radical (unpaired) electrons. The van der Waals surface area contributed by atoms with Crippen LogP contribution >= 0.6 is 11.6 Å². The van der Waals surface area contributed by atoms with Crippen molar-refractivity contribution in [2.45, 2.75) is 95.1 Å². The molecule has 0 aromatic heterocycles. The standard InChI is InChI=1S/C34H42ClNO8/c1-4-5-8-12-30(43-23(2)37)24-14-16-25(17-15-24)33-28(11-9-6-7-10-13-32(38)42-3)29(35)22-31(33)44-34(39)26-18-20-27(21-19-26)36(40)41/h6,9,14-21,28-31,33H,4-5,7-8,10-13,22H2,1-3H3/b9-6-/t28-,29?,30?,31?,33?/m0/s1. The quantitative estimate of drug-likeness (QED) is 0.0349. The minimum Gasteiger partial charge on any atom is -0.469 e. The third kappa shape index (κ3) is 10.2. The highest BCUT2D eigenvalue weighted by atomic mass is 35.5. The van der Waals surface area contributed by atoms with Crippen molar-refractivity contribution in [2.24, 2.45) is 5.92 Å². The van der Waals surface area contributed by atoms with Gasteiger partial charge in [-0.1, -0.05) is 56.2 Å². The van der Waals surface area contributed by atoms with E-state index < -0.39 is 17.0 Å². The second-order valence-electron chi connectivity index (χ2n) is 11.1. The fourth-order valence-corrected chi connectivity index (χ4v) is 6.13. The molecule has 238 valence electrons. The Balaban J connectivity index is 1.82. The van der Waals surface area contributed by atoms with Crippen LogP contribution in [0.25, 0.3) is 0 Å². The molecule has 5 atom stereocenters. The lowest BCUT2D eigenvalue weighted by molar-refractivity contribution is -0.384. The van der Waals surface area contributed by atoms with Crippen molar-refractivity contribution in [1.29, 1.82) is 0 Å². The molecule has 2 aromatic rings. The van der Waals surface area contributed by atoms with E-state index in [0.717, 1.165) is 43.2 Å². The van der Waals surface area contributed by atoms with E-state index in [1.165, 1.54) is 38.3 Å². The van der Waals surface area contributed by atoms with Crippen molar-refractivity contribution in [2.75, 3.05) is 7.11 Å². The highest BCUT2D eigenvalue weighted by Crippen LogP contribution is 2.46. The number of carbonyl (C=O) groups is 3. The molecule has 10 heteroatoms. The average Bonchev–Trinajstić information content (AvgIpc) is 3.31.